The normalized spacial score (nSPS) is 20.6. The van der Waals surface area contributed by atoms with Crippen molar-refractivity contribution in [3.63, 3.8) is 0 Å². The number of hydrogen-bond donors (Lipinski definition) is 1. The van der Waals surface area contributed by atoms with Crippen LogP contribution >= 0.6 is 12.4 Å². The highest BCUT2D eigenvalue weighted by atomic mass is 35.5. The molecule has 2 rings (SSSR count). The second-order valence-corrected chi connectivity index (χ2v) is 6.75. The van der Waals surface area contributed by atoms with Crippen molar-refractivity contribution < 1.29 is 8.42 Å². The van der Waals surface area contributed by atoms with E-state index in [9.17, 15) is 8.42 Å². The molecule has 0 aromatic carbocycles. The summed E-state index contributed by atoms with van der Waals surface area (Å²) >= 11 is 0. The summed E-state index contributed by atoms with van der Waals surface area (Å²) in [5, 5.41) is 0.146. The zero-order chi connectivity index (χ0) is 14.0. The van der Waals surface area contributed by atoms with Crippen LogP contribution in [0.2, 0.25) is 0 Å². The maximum absolute atomic E-state index is 12.6. The molecule has 0 bridgehead atoms. The number of hydrogen-bond acceptors (Lipinski definition) is 4. The predicted octanol–water partition coefficient (Wildman–Crippen LogP) is 1.14. The molecule has 1 atom stereocenters. The van der Waals surface area contributed by atoms with Crippen LogP contribution < -0.4 is 5.73 Å². The highest BCUT2D eigenvalue weighted by Crippen LogP contribution is 2.24. The number of aromatic nitrogens is 2. The number of nitrogens with two attached hydrogens (primary N) is 1. The van der Waals surface area contributed by atoms with Gasteiger partial charge in [-0.1, -0.05) is 6.42 Å². The van der Waals surface area contributed by atoms with Crippen molar-refractivity contribution in [3.8, 4) is 0 Å². The molecule has 6 nitrogen and oxygen atoms in total. The van der Waals surface area contributed by atoms with E-state index < -0.39 is 10.0 Å². The van der Waals surface area contributed by atoms with Gasteiger partial charge in [-0.2, -0.15) is 4.31 Å². The van der Waals surface area contributed by atoms with Crippen LogP contribution in [0.15, 0.2) is 11.2 Å². The SMILES string of the molecule is CCn1cc(S(=O)(=O)N2CCCCC2CN)nc1C.Cl. The van der Waals surface area contributed by atoms with Gasteiger partial charge in [0.15, 0.2) is 5.03 Å². The van der Waals surface area contributed by atoms with Crippen LogP contribution in [0.25, 0.3) is 0 Å². The van der Waals surface area contributed by atoms with E-state index in [4.69, 9.17) is 5.73 Å². The maximum Gasteiger partial charge on any atom is 0.262 e. The van der Waals surface area contributed by atoms with Gasteiger partial charge in [-0.3, -0.25) is 0 Å². The number of halogens is 1. The topological polar surface area (TPSA) is 81.2 Å². The Bertz CT molecular complexity index is 544. The minimum atomic E-state index is -3.51. The quantitative estimate of drug-likeness (QED) is 0.901. The molecule has 1 aromatic rings. The van der Waals surface area contributed by atoms with Crippen molar-refractivity contribution in [3.05, 3.63) is 12.0 Å². The molecule has 1 saturated heterocycles. The Labute approximate surface area is 126 Å². The largest absolute Gasteiger partial charge is 0.334 e. The summed E-state index contributed by atoms with van der Waals surface area (Å²) in [4.78, 5) is 4.19. The fourth-order valence-electron chi connectivity index (χ4n) is 2.57. The first-order valence-corrected chi connectivity index (χ1v) is 8.20. The van der Waals surface area contributed by atoms with Gasteiger partial charge in [0.05, 0.1) is 0 Å². The van der Waals surface area contributed by atoms with Gasteiger partial charge in [0.2, 0.25) is 0 Å². The smallest absolute Gasteiger partial charge is 0.262 e. The molecule has 1 aromatic heterocycles. The van der Waals surface area contributed by atoms with Gasteiger partial charge in [-0.05, 0) is 26.7 Å². The molecule has 0 saturated carbocycles. The number of aryl methyl sites for hydroxylation is 2. The predicted molar refractivity (Wildman–Crippen MR) is 80.5 cm³/mol. The van der Waals surface area contributed by atoms with Gasteiger partial charge in [0, 0.05) is 31.9 Å². The fourth-order valence-corrected chi connectivity index (χ4v) is 4.27. The van der Waals surface area contributed by atoms with Crippen LogP contribution in [0.5, 0.6) is 0 Å². The lowest BCUT2D eigenvalue weighted by Gasteiger charge is -2.33. The first-order valence-electron chi connectivity index (χ1n) is 6.76. The zero-order valence-electron chi connectivity index (χ0n) is 11.9. The lowest BCUT2D eigenvalue weighted by atomic mass is 10.1. The minimum Gasteiger partial charge on any atom is -0.334 e. The third kappa shape index (κ3) is 3.16. The Kier molecular flexibility index (Phi) is 6.00. The van der Waals surface area contributed by atoms with E-state index in [2.05, 4.69) is 4.98 Å². The number of nitrogens with zero attached hydrogens (tertiary/aromatic N) is 3. The maximum atomic E-state index is 12.6. The number of rotatable bonds is 4. The molecule has 1 aliphatic rings. The molecule has 0 radical (unpaired) electrons. The Hall–Kier alpha value is -0.630. The van der Waals surface area contributed by atoms with Crippen LogP contribution in [-0.4, -0.2) is 41.4 Å². The second-order valence-electron chi connectivity index (χ2n) is 4.91. The lowest BCUT2D eigenvalue weighted by Crippen LogP contribution is -2.47. The molecule has 1 fully saturated rings. The van der Waals surface area contributed by atoms with Crippen LogP contribution in [-0.2, 0) is 16.6 Å². The summed E-state index contributed by atoms with van der Waals surface area (Å²) < 4.78 is 28.6. The van der Waals surface area contributed by atoms with Crippen LogP contribution in [0.1, 0.15) is 32.0 Å². The van der Waals surface area contributed by atoms with Crippen molar-refractivity contribution in [2.75, 3.05) is 13.1 Å². The molecule has 0 amide bonds. The van der Waals surface area contributed by atoms with E-state index in [1.807, 2.05) is 18.4 Å². The summed E-state index contributed by atoms with van der Waals surface area (Å²) in [5.74, 6) is 0.724. The standard InChI is InChI=1S/C12H22N4O2S.ClH/c1-3-15-9-12(14-10(15)2)19(17,18)16-7-5-4-6-11(16)8-13;/h9,11H,3-8,13H2,1-2H3;1H. The van der Waals surface area contributed by atoms with E-state index in [1.54, 1.807) is 6.20 Å². The van der Waals surface area contributed by atoms with E-state index in [-0.39, 0.29) is 23.5 Å². The highest BCUT2D eigenvalue weighted by Gasteiger charge is 2.34. The van der Waals surface area contributed by atoms with Crippen molar-refractivity contribution in [2.24, 2.45) is 5.73 Å². The van der Waals surface area contributed by atoms with Crippen LogP contribution in [0.3, 0.4) is 0 Å². The molecule has 2 heterocycles. The summed E-state index contributed by atoms with van der Waals surface area (Å²) in [7, 11) is -3.51. The van der Waals surface area contributed by atoms with Crippen molar-refractivity contribution in [2.45, 2.75) is 50.7 Å². The molecule has 0 spiro atoms. The molecule has 20 heavy (non-hydrogen) atoms. The highest BCUT2D eigenvalue weighted by molar-refractivity contribution is 7.89. The fraction of sp³-hybridized carbons (Fsp3) is 0.750. The van der Waals surface area contributed by atoms with E-state index in [0.29, 0.717) is 19.6 Å². The Balaban J connectivity index is 0.00000200. The van der Waals surface area contributed by atoms with Crippen LogP contribution in [0, 0.1) is 6.92 Å². The van der Waals surface area contributed by atoms with Crippen molar-refractivity contribution >= 4 is 22.4 Å². The van der Waals surface area contributed by atoms with E-state index >= 15 is 0 Å². The average molecular weight is 323 g/mol. The van der Waals surface area contributed by atoms with E-state index in [0.717, 1.165) is 25.1 Å². The third-order valence-electron chi connectivity index (χ3n) is 3.71. The number of piperidine rings is 1. The Morgan fingerprint density at radius 1 is 1.45 bits per heavy atom. The van der Waals surface area contributed by atoms with Crippen LogP contribution in [0.4, 0.5) is 0 Å². The zero-order valence-corrected chi connectivity index (χ0v) is 13.6. The van der Waals surface area contributed by atoms with E-state index in [1.165, 1.54) is 4.31 Å². The Morgan fingerprint density at radius 2 is 2.15 bits per heavy atom. The second kappa shape index (κ2) is 6.89. The molecule has 2 N–H and O–H groups in total. The monoisotopic (exact) mass is 322 g/mol. The minimum absolute atomic E-state index is 0. The Morgan fingerprint density at radius 3 is 2.70 bits per heavy atom. The van der Waals surface area contributed by atoms with Gasteiger partial charge >= 0.3 is 0 Å². The summed E-state index contributed by atoms with van der Waals surface area (Å²) in [6.45, 7) is 5.41. The van der Waals surface area contributed by atoms with Crippen molar-refractivity contribution in [1.82, 2.24) is 13.9 Å². The summed E-state index contributed by atoms with van der Waals surface area (Å²) in [5.41, 5.74) is 5.70. The summed E-state index contributed by atoms with van der Waals surface area (Å²) in [6.07, 6.45) is 4.38. The van der Waals surface area contributed by atoms with Gasteiger partial charge in [-0.25, -0.2) is 13.4 Å². The molecular weight excluding hydrogens is 300 g/mol. The van der Waals surface area contributed by atoms with Gasteiger partial charge in [0.25, 0.3) is 10.0 Å². The lowest BCUT2D eigenvalue weighted by molar-refractivity contribution is 0.257. The molecule has 1 aliphatic heterocycles. The first-order chi connectivity index (χ1) is 9.00. The molecular formula is C12H23ClN4O2S. The number of imidazole rings is 1. The molecule has 116 valence electrons. The third-order valence-corrected chi connectivity index (χ3v) is 5.54. The molecule has 0 aliphatic carbocycles. The van der Waals surface area contributed by atoms with Crippen molar-refractivity contribution in [1.29, 1.82) is 0 Å². The number of sulfonamides is 1. The summed E-state index contributed by atoms with van der Waals surface area (Å²) in [6, 6.07) is -0.0918. The van der Waals surface area contributed by atoms with Gasteiger partial charge < -0.3 is 10.3 Å². The molecule has 8 heteroatoms. The first kappa shape index (κ1) is 17.4. The average Bonchev–Trinajstić information content (AvgIpc) is 2.80. The van der Waals surface area contributed by atoms with Gasteiger partial charge in [-0.15, -0.1) is 12.4 Å². The molecule has 1 unspecified atom stereocenters. The van der Waals surface area contributed by atoms with Gasteiger partial charge in [0.1, 0.15) is 5.82 Å².